The Kier molecular flexibility index (Phi) is 6.35. The number of methoxy groups -OCH3 is 1. The van der Waals surface area contributed by atoms with Crippen molar-refractivity contribution < 1.29 is 9.53 Å². The number of rotatable bonds is 6. The lowest BCUT2D eigenvalue weighted by atomic mass is 10.2. The molecule has 0 aromatic carbocycles. The maximum Gasteiger partial charge on any atom is 0.272 e. The monoisotopic (exact) mass is 357 g/mol. The fourth-order valence-corrected chi connectivity index (χ4v) is 3.29. The molecule has 2 aromatic rings. The zero-order valence-electron chi connectivity index (χ0n) is 15.6. The number of aryl methyl sites for hydroxylation is 1. The molecule has 1 amide bonds. The van der Waals surface area contributed by atoms with E-state index in [2.05, 4.69) is 19.4 Å². The Hall–Kier alpha value is -2.25. The predicted octanol–water partition coefficient (Wildman–Crippen LogP) is 1.58. The molecule has 0 aliphatic carbocycles. The van der Waals surface area contributed by atoms with Gasteiger partial charge in [0, 0.05) is 58.8 Å². The third kappa shape index (κ3) is 4.47. The number of amides is 1. The highest BCUT2D eigenvalue weighted by atomic mass is 16.5. The first-order valence-corrected chi connectivity index (χ1v) is 9.10. The zero-order chi connectivity index (χ0) is 18.4. The van der Waals surface area contributed by atoms with Crippen LogP contribution < -0.4 is 0 Å². The van der Waals surface area contributed by atoms with Crippen LogP contribution in [0, 0.1) is 6.92 Å². The molecule has 0 radical (unpaired) electrons. The summed E-state index contributed by atoms with van der Waals surface area (Å²) in [7, 11) is 1.71. The van der Waals surface area contributed by atoms with Gasteiger partial charge in [0.05, 0.1) is 18.6 Å². The number of nitrogens with zero attached hydrogens (tertiary/aromatic N) is 5. The summed E-state index contributed by atoms with van der Waals surface area (Å²) in [6, 6.07) is 3.80. The number of carbonyl (C=O) groups is 1. The molecule has 0 N–H and O–H groups in total. The highest BCUT2D eigenvalue weighted by Crippen LogP contribution is 2.13. The van der Waals surface area contributed by atoms with Crippen molar-refractivity contribution in [2.24, 2.45) is 0 Å². The normalized spacial score (nSPS) is 15.8. The fourth-order valence-electron chi connectivity index (χ4n) is 3.29. The van der Waals surface area contributed by atoms with Gasteiger partial charge in [0.1, 0.15) is 5.69 Å². The van der Waals surface area contributed by atoms with Crippen LogP contribution in [0.1, 0.15) is 28.2 Å². The van der Waals surface area contributed by atoms with Crippen molar-refractivity contribution in [3.63, 3.8) is 0 Å². The van der Waals surface area contributed by atoms with Crippen molar-refractivity contribution in [3.8, 4) is 0 Å². The van der Waals surface area contributed by atoms with E-state index < -0.39 is 0 Å². The van der Waals surface area contributed by atoms with Crippen LogP contribution in [0.3, 0.4) is 0 Å². The summed E-state index contributed by atoms with van der Waals surface area (Å²) in [5, 5.41) is 0. The summed E-state index contributed by atoms with van der Waals surface area (Å²) in [5.41, 5.74) is 2.68. The van der Waals surface area contributed by atoms with E-state index in [1.54, 1.807) is 13.3 Å². The molecule has 0 bridgehead atoms. The maximum atomic E-state index is 12.8. The Bertz CT molecular complexity index is 730. The molecule has 0 atom stereocenters. The number of aromatic nitrogens is 3. The van der Waals surface area contributed by atoms with Crippen LogP contribution in [0.4, 0.5) is 0 Å². The number of pyridine rings is 1. The van der Waals surface area contributed by atoms with Gasteiger partial charge in [-0.25, -0.2) is 4.98 Å². The number of carbonyl (C=O) groups excluding carboxylic acids is 1. The molecular formula is C19H27N5O2. The van der Waals surface area contributed by atoms with Gasteiger partial charge in [0.15, 0.2) is 0 Å². The van der Waals surface area contributed by atoms with E-state index in [4.69, 9.17) is 4.74 Å². The van der Waals surface area contributed by atoms with E-state index in [-0.39, 0.29) is 5.91 Å². The molecule has 140 valence electrons. The molecule has 1 aliphatic heterocycles. The summed E-state index contributed by atoms with van der Waals surface area (Å²) in [6.45, 7) is 7.58. The average molecular weight is 357 g/mol. The van der Waals surface area contributed by atoms with Gasteiger partial charge >= 0.3 is 0 Å². The average Bonchev–Trinajstić information content (AvgIpc) is 2.95. The molecule has 3 rings (SSSR count). The van der Waals surface area contributed by atoms with Gasteiger partial charge in [-0.1, -0.05) is 6.07 Å². The number of hydrogen-bond donors (Lipinski definition) is 0. The lowest BCUT2D eigenvalue weighted by Gasteiger charge is -2.22. The molecule has 2 aromatic heterocycles. The van der Waals surface area contributed by atoms with Gasteiger partial charge in [0.25, 0.3) is 5.91 Å². The minimum absolute atomic E-state index is 0.0371. The lowest BCUT2D eigenvalue weighted by molar-refractivity contribution is 0.0754. The van der Waals surface area contributed by atoms with E-state index in [9.17, 15) is 4.79 Å². The van der Waals surface area contributed by atoms with Crippen LogP contribution in [0.2, 0.25) is 0 Å². The summed E-state index contributed by atoms with van der Waals surface area (Å²) in [5.74, 6) is 0.0371. The standard InChI is InChI=1S/C19H27N5O2/c1-16-5-3-6-21-18(16)19(25)23-8-4-7-22(9-10-23)14-17-13-20-15-24(17)11-12-26-2/h3,5-6,13,15H,4,7-12,14H2,1-2H3. The Morgan fingerprint density at radius 1 is 1.27 bits per heavy atom. The minimum atomic E-state index is 0.0371. The first-order valence-electron chi connectivity index (χ1n) is 9.10. The first kappa shape index (κ1) is 18.5. The van der Waals surface area contributed by atoms with E-state index in [1.165, 1.54) is 5.69 Å². The van der Waals surface area contributed by atoms with Crippen molar-refractivity contribution in [2.45, 2.75) is 26.4 Å². The number of ether oxygens (including phenoxy) is 1. The van der Waals surface area contributed by atoms with Gasteiger partial charge in [-0.2, -0.15) is 0 Å². The number of imidazole rings is 1. The molecule has 7 heteroatoms. The van der Waals surface area contributed by atoms with E-state index >= 15 is 0 Å². The topological polar surface area (TPSA) is 63.5 Å². The van der Waals surface area contributed by atoms with Crippen LogP contribution in [-0.2, 0) is 17.8 Å². The molecule has 7 nitrogen and oxygen atoms in total. The lowest BCUT2D eigenvalue weighted by Crippen LogP contribution is -2.36. The molecule has 0 saturated carbocycles. The predicted molar refractivity (Wildman–Crippen MR) is 98.9 cm³/mol. The molecule has 1 saturated heterocycles. The highest BCUT2D eigenvalue weighted by molar-refractivity contribution is 5.93. The summed E-state index contributed by atoms with van der Waals surface area (Å²) < 4.78 is 7.29. The van der Waals surface area contributed by atoms with Crippen LogP contribution in [0.5, 0.6) is 0 Å². The van der Waals surface area contributed by atoms with Crippen molar-refractivity contribution in [2.75, 3.05) is 39.9 Å². The third-order valence-electron chi connectivity index (χ3n) is 4.81. The van der Waals surface area contributed by atoms with Gasteiger partial charge in [-0.05, 0) is 25.0 Å². The van der Waals surface area contributed by atoms with E-state index in [1.807, 2.05) is 36.5 Å². The van der Waals surface area contributed by atoms with Crippen molar-refractivity contribution in [1.29, 1.82) is 0 Å². The van der Waals surface area contributed by atoms with Crippen LogP contribution in [0.15, 0.2) is 30.9 Å². The highest BCUT2D eigenvalue weighted by Gasteiger charge is 2.22. The van der Waals surface area contributed by atoms with Crippen LogP contribution >= 0.6 is 0 Å². The Labute approximate surface area is 154 Å². The minimum Gasteiger partial charge on any atom is -0.383 e. The fraction of sp³-hybridized carbons (Fsp3) is 0.526. The van der Waals surface area contributed by atoms with Gasteiger partial charge in [-0.15, -0.1) is 0 Å². The molecular weight excluding hydrogens is 330 g/mol. The van der Waals surface area contributed by atoms with E-state index in [0.717, 1.165) is 51.3 Å². The second-order valence-corrected chi connectivity index (χ2v) is 6.66. The molecule has 3 heterocycles. The summed E-state index contributed by atoms with van der Waals surface area (Å²) in [6.07, 6.45) is 6.42. The third-order valence-corrected chi connectivity index (χ3v) is 4.81. The molecule has 1 fully saturated rings. The molecule has 1 aliphatic rings. The van der Waals surface area contributed by atoms with Crippen LogP contribution in [-0.4, -0.2) is 70.1 Å². The van der Waals surface area contributed by atoms with Gasteiger partial charge in [0.2, 0.25) is 0 Å². The largest absolute Gasteiger partial charge is 0.383 e. The van der Waals surface area contributed by atoms with Crippen molar-refractivity contribution >= 4 is 5.91 Å². The SMILES string of the molecule is COCCn1cncc1CN1CCCN(C(=O)c2ncccc2C)CC1. The second kappa shape index (κ2) is 8.91. The zero-order valence-corrected chi connectivity index (χ0v) is 15.6. The second-order valence-electron chi connectivity index (χ2n) is 6.66. The summed E-state index contributed by atoms with van der Waals surface area (Å²) in [4.78, 5) is 25.6. The molecule has 0 unspecified atom stereocenters. The number of hydrogen-bond acceptors (Lipinski definition) is 5. The quantitative estimate of drug-likeness (QED) is 0.785. The van der Waals surface area contributed by atoms with Crippen molar-refractivity contribution in [3.05, 3.63) is 47.8 Å². The Balaban J connectivity index is 1.59. The summed E-state index contributed by atoms with van der Waals surface area (Å²) >= 11 is 0. The van der Waals surface area contributed by atoms with Gasteiger partial charge < -0.3 is 14.2 Å². The first-order chi connectivity index (χ1) is 12.7. The maximum absolute atomic E-state index is 12.8. The van der Waals surface area contributed by atoms with Crippen molar-refractivity contribution in [1.82, 2.24) is 24.3 Å². The van der Waals surface area contributed by atoms with E-state index in [0.29, 0.717) is 12.3 Å². The van der Waals surface area contributed by atoms with Crippen LogP contribution in [0.25, 0.3) is 0 Å². The smallest absolute Gasteiger partial charge is 0.272 e. The van der Waals surface area contributed by atoms with Gasteiger partial charge in [-0.3, -0.25) is 14.7 Å². The Morgan fingerprint density at radius 2 is 2.15 bits per heavy atom. The molecule has 26 heavy (non-hydrogen) atoms. The Morgan fingerprint density at radius 3 is 2.96 bits per heavy atom. The molecule has 0 spiro atoms.